The molecule has 0 bridgehead atoms. The van der Waals surface area contributed by atoms with Gasteiger partial charge in [-0.05, 0) is 37.5 Å². The molecule has 1 unspecified atom stereocenters. The first-order chi connectivity index (χ1) is 8.13. The van der Waals surface area contributed by atoms with Gasteiger partial charge in [0.25, 0.3) is 0 Å². The Morgan fingerprint density at radius 1 is 1.12 bits per heavy atom. The molecule has 1 aliphatic rings. The maximum Gasteiger partial charge on any atom is 0.0215 e. The lowest BCUT2D eigenvalue weighted by molar-refractivity contribution is 0.174. The molecule has 0 aromatic rings. The van der Waals surface area contributed by atoms with E-state index in [1.807, 2.05) is 0 Å². The summed E-state index contributed by atoms with van der Waals surface area (Å²) in [5, 5.41) is 4.02. The molecule has 1 heterocycles. The van der Waals surface area contributed by atoms with Crippen LogP contribution in [0, 0.1) is 11.8 Å². The molecule has 3 atom stereocenters. The molecular formula is C16H33N. The molecular weight excluding hydrogens is 206 g/mol. The van der Waals surface area contributed by atoms with E-state index in [4.69, 9.17) is 0 Å². The zero-order valence-corrected chi connectivity index (χ0v) is 12.7. The van der Waals surface area contributed by atoms with Gasteiger partial charge < -0.3 is 5.32 Å². The van der Waals surface area contributed by atoms with Crippen molar-refractivity contribution in [3.63, 3.8) is 0 Å². The van der Waals surface area contributed by atoms with Crippen LogP contribution in [0.2, 0.25) is 0 Å². The van der Waals surface area contributed by atoms with Crippen LogP contribution in [0.3, 0.4) is 0 Å². The molecule has 0 saturated carbocycles. The van der Waals surface area contributed by atoms with Gasteiger partial charge in [-0.15, -0.1) is 0 Å². The second-order valence-corrected chi connectivity index (χ2v) is 6.13. The number of hydrogen-bond donors (Lipinski definition) is 1. The van der Waals surface area contributed by atoms with Crippen molar-refractivity contribution in [2.75, 3.05) is 0 Å². The summed E-state index contributed by atoms with van der Waals surface area (Å²) < 4.78 is 0. The van der Waals surface area contributed by atoms with Crippen molar-refractivity contribution in [3.8, 4) is 0 Å². The molecule has 1 nitrogen and oxygen atoms in total. The fourth-order valence-corrected chi connectivity index (χ4v) is 3.97. The molecule has 0 amide bonds. The Morgan fingerprint density at radius 2 is 1.71 bits per heavy atom. The third-order valence-corrected chi connectivity index (χ3v) is 4.96. The molecule has 0 radical (unpaired) electrons. The van der Waals surface area contributed by atoms with Gasteiger partial charge in [-0.25, -0.2) is 0 Å². The highest BCUT2D eigenvalue weighted by Crippen LogP contribution is 2.43. The van der Waals surface area contributed by atoms with Crippen molar-refractivity contribution < 1.29 is 0 Å². The molecule has 0 aliphatic carbocycles. The smallest absolute Gasteiger partial charge is 0.0215 e. The summed E-state index contributed by atoms with van der Waals surface area (Å²) in [5.74, 6) is 1.77. The van der Waals surface area contributed by atoms with Gasteiger partial charge in [-0.2, -0.15) is 0 Å². The van der Waals surface area contributed by atoms with E-state index >= 15 is 0 Å². The molecule has 1 saturated heterocycles. The third-order valence-electron chi connectivity index (χ3n) is 4.96. The molecule has 17 heavy (non-hydrogen) atoms. The summed E-state index contributed by atoms with van der Waals surface area (Å²) in [4.78, 5) is 0. The van der Waals surface area contributed by atoms with Crippen molar-refractivity contribution in [2.45, 2.75) is 91.1 Å². The summed E-state index contributed by atoms with van der Waals surface area (Å²) in [6.07, 6.45) is 9.40. The van der Waals surface area contributed by atoms with Crippen LogP contribution in [-0.2, 0) is 0 Å². The van der Waals surface area contributed by atoms with Gasteiger partial charge in [0.1, 0.15) is 0 Å². The molecule has 1 rings (SSSR count). The van der Waals surface area contributed by atoms with Gasteiger partial charge in [-0.1, -0.05) is 53.9 Å². The van der Waals surface area contributed by atoms with Gasteiger partial charge in [0.05, 0.1) is 0 Å². The number of rotatable bonds is 7. The summed E-state index contributed by atoms with van der Waals surface area (Å²) in [6.45, 7) is 11.8. The van der Waals surface area contributed by atoms with E-state index in [-0.39, 0.29) is 0 Å². The van der Waals surface area contributed by atoms with E-state index in [9.17, 15) is 0 Å². The number of nitrogens with one attached hydrogen (secondary N) is 1. The molecule has 1 aliphatic heterocycles. The molecule has 0 spiro atoms. The fraction of sp³-hybridized carbons (Fsp3) is 1.00. The molecule has 1 heteroatoms. The summed E-state index contributed by atoms with van der Waals surface area (Å²) >= 11 is 0. The third kappa shape index (κ3) is 3.24. The molecule has 1 fully saturated rings. The van der Waals surface area contributed by atoms with Crippen molar-refractivity contribution in [1.29, 1.82) is 0 Å². The number of hydrogen-bond acceptors (Lipinski definition) is 1. The van der Waals surface area contributed by atoms with E-state index in [0.29, 0.717) is 5.54 Å². The second-order valence-electron chi connectivity index (χ2n) is 6.13. The topological polar surface area (TPSA) is 12.0 Å². The van der Waals surface area contributed by atoms with Crippen LogP contribution in [0.4, 0.5) is 0 Å². The highest BCUT2D eigenvalue weighted by atomic mass is 15.1. The van der Waals surface area contributed by atoms with Gasteiger partial charge in [-0.3, -0.25) is 0 Å². The van der Waals surface area contributed by atoms with Gasteiger partial charge in [0.15, 0.2) is 0 Å². The van der Waals surface area contributed by atoms with Crippen LogP contribution in [0.25, 0.3) is 0 Å². The predicted molar refractivity (Wildman–Crippen MR) is 77.3 cm³/mol. The van der Waals surface area contributed by atoms with Crippen LogP contribution >= 0.6 is 0 Å². The maximum absolute atomic E-state index is 4.02. The van der Waals surface area contributed by atoms with Gasteiger partial charge in [0, 0.05) is 11.6 Å². The first kappa shape index (κ1) is 15.0. The molecule has 0 aromatic carbocycles. The minimum absolute atomic E-state index is 0.458. The highest BCUT2D eigenvalue weighted by Gasteiger charge is 2.46. The van der Waals surface area contributed by atoms with E-state index in [2.05, 4.69) is 39.9 Å². The van der Waals surface area contributed by atoms with Crippen molar-refractivity contribution in [3.05, 3.63) is 0 Å². The van der Waals surface area contributed by atoms with Crippen LogP contribution in [0.1, 0.15) is 79.6 Å². The zero-order chi connectivity index (χ0) is 12.9. The largest absolute Gasteiger partial charge is 0.308 e. The van der Waals surface area contributed by atoms with Crippen LogP contribution in [-0.4, -0.2) is 11.6 Å². The first-order valence-corrected chi connectivity index (χ1v) is 7.91. The quantitative estimate of drug-likeness (QED) is 0.675. The molecule has 1 N–H and O–H groups in total. The van der Waals surface area contributed by atoms with Crippen molar-refractivity contribution in [1.82, 2.24) is 5.32 Å². The predicted octanol–water partition coefficient (Wildman–Crippen LogP) is 4.76. The monoisotopic (exact) mass is 239 g/mol. The average molecular weight is 239 g/mol. The Kier molecular flexibility index (Phi) is 5.99. The van der Waals surface area contributed by atoms with Crippen LogP contribution in [0.5, 0.6) is 0 Å². The Labute approximate surface area is 109 Å². The Balaban J connectivity index is 2.87. The first-order valence-electron chi connectivity index (χ1n) is 7.91. The van der Waals surface area contributed by atoms with E-state index in [1.165, 1.54) is 44.9 Å². The lowest BCUT2D eigenvalue weighted by Gasteiger charge is -2.39. The average Bonchev–Trinajstić information content (AvgIpc) is 2.68. The van der Waals surface area contributed by atoms with Crippen molar-refractivity contribution >= 4 is 0 Å². The fourth-order valence-electron chi connectivity index (χ4n) is 3.97. The van der Waals surface area contributed by atoms with Gasteiger partial charge in [0.2, 0.25) is 0 Å². The lowest BCUT2D eigenvalue weighted by atomic mass is 9.71. The van der Waals surface area contributed by atoms with E-state index < -0.39 is 0 Å². The highest BCUT2D eigenvalue weighted by molar-refractivity contribution is 5.04. The lowest BCUT2D eigenvalue weighted by Crippen LogP contribution is -2.48. The van der Waals surface area contributed by atoms with E-state index in [0.717, 1.165) is 17.9 Å². The summed E-state index contributed by atoms with van der Waals surface area (Å²) in [6, 6.07) is 0.770. The van der Waals surface area contributed by atoms with Crippen molar-refractivity contribution in [2.24, 2.45) is 11.8 Å². The minimum Gasteiger partial charge on any atom is -0.308 e. The normalized spacial score (nSPS) is 29.5. The van der Waals surface area contributed by atoms with Crippen LogP contribution < -0.4 is 5.32 Å². The van der Waals surface area contributed by atoms with Gasteiger partial charge >= 0.3 is 0 Å². The summed E-state index contributed by atoms with van der Waals surface area (Å²) in [5.41, 5.74) is 0.458. The maximum atomic E-state index is 4.02. The van der Waals surface area contributed by atoms with E-state index in [1.54, 1.807) is 0 Å². The molecule has 102 valence electrons. The second kappa shape index (κ2) is 6.78. The Bertz CT molecular complexity index is 206. The summed E-state index contributed by atoms with van der Waals surface area (Å²) in [7, 11) is 0. The van der Waals surface area contributed by atoms with Crippen LogP contribution in [0.15, 0.2) is 0 Å². The minimum atomic E-state index is 0.458. The standard InChI is InChI=1S/C16H33N/c1-6-10-16(11-7-2)15(13(5)8-3)12-14(9-4)17-16/h13-15,17H,6-12H2,1-5H3/t13?,14-,15-/m0/s1. The Hall–Kier alpha value is -0.0400. The Morgan fingerprint density at radius 3 is 2.12 bits per heavy atom. The SMILES string of the molecule is CCCC1(CCC)N[C@@H](CC)C[C@H]1C(C)CC. The molecule has 0 aromatic heterocycles. The zero-order valence-electron chi connectivity index (χ0n) is 12.7.